The number of nitrogens with one attached hydrogen (secondary N) is 1. The van der Waals surface area contributed by atoms with Crippen molar-refractivity contribution in [2.24, 2.45) is 0 Å². The third kappa shape index (κ3) is 3.67. The number of rotatable bonds is 4. The van der Waals surface area contributed by atoms with Gasteiger partial charge in [-0.2, -0.15) is 0 Å². The molecule has 0 atom stereocenters. The molecule has 0 bridgehead atoms. The average Bonchev–Trinajstić information content (AvgIpc) is 2.55. The molecule has 0 aliphatic heterocycles. The van der Waals surface area contributed by atoms with Crippen LogP contribution in [0.2, 0.25) is 0 Å². The van der Waals surface area contributed by atoms with Crippen LogP contribution in [0.25, 0.3) is 0 Å². The fourth-order valence-corrected chi connectivity index (χ4v) is 2.78. The zero-order valence-corrected chi connectivity index (χ0v) is 12.9. The van der Waals surface area contributed by atoms with Crippen LogP contribution in [-0.4, -0.2) is 12.5 Å². The Morgan fingerprint density at radius 2 is 1.77 bits per heavy atom. The van der Waals surface area contributed by atoms with Gasteiger partial charge in [0.15, 0.2) is 6.61 Å². The number of anilines is 1. The number of hydrogen-bond donors (Lipinski definition) is 1. The Labute approximate surface area is 131 Å². The van der Waals surface area contributed by atoms with Crippen LogP contribution >= 0.6 is 0 Å². The van der Waals surface area contributed by atoms with Crippen molar-refractivity contribution in [3.05, 3.63) is 59.2 Å². The number of aryl methyl sites for hydroxylation is 3. The molecule has 0 saturated carbocycles. The topological polar surface area (TPSA) is 38.3 Å². The van der Waals surface area contributed by atoms with Crippen LogP contribution in [-0.2, 0) is 17.6 Å². The van der Waals surface area contributed by atoms with Crippen LogP contribution in [0.15, 0.2) is 42.5 Å². The predicted octanol–water partition coefficient (Wildman–Crippen LogP) is 3.89. The second-order valence-corrected chi connectivity index (χ2v) is 5.84. The summed E-state index contributed by atoms with van der Waals surface area (Å²) in [6, 6.07) is 13.9. The molecule has 2 aromatic rings. The van der Waals surface area contributed by atoms with Crippen LogP contribution in [0, 0.1) is 6.92 Å². The lowest BCUT2D eigenvalue weighted by molar-refractivity contribution is -0.118. The van der Waals surface area contributed by atoms with Crippen LogP contribution in [0.5, 0.6) is 5.75 Å². The number of benzene rings is 2. The molecule has 0 heterocycles. The number of hydrogen-bond acceptors (Lipinski definition) is 2. The minimum atomic E-state index is -0.137. The molecular formula is C19H21NO2. The summed E-state index contributed by atoms with van der Waals surface area (Å²) in [6.45, 7) is 2.05. The molecule has 0 unspecified atom stereocenters. The first kappa shape index (κ1) is 14.6. The van der Waals surface area contributed by atoms with E-state index in [9.17, 15) is 4.79 Å². The summed E-state index contributed by atoms with van der Waals surface area (Å²) in [5, 5.41) is 2.84. The first-order chi connectivity index (χ1) is 10.7. The maximum Gasteiger partial charge on any atom is 0.262 e. The molecule has 1 aliphatic rings. The molecule has 0 aromatic heterocycles. The molecule has 0 radical (unpaired) electrons. The van der Waals surface area contributed by atoms with Crippen LogP contribution < -0.4 is 10.1 Å². The lowest BCUT2D eigenvalue weighted by Gasteiger charge is -2.16. The van der Waals surface area contributed by atoms with E-state index >= 15 is 0 Å². The SMILES string of the molecule is Cc1ccc(NC(=O)COc2ccc3c(c2)CCCC3)cc1. The van der Waals surface area contributed by atoms with Gasteiger partial charge in [-0.05, 0) is 68.0 Å². The van der Waals surface area contributed by atoms with E-state index in [1.807, 2.05) is 37.3 Å². The first-order valence-electron chi connectivity index (χ1n) is 7.82. The van der Waals surface area contributed by atoms with Crippen molar-refractivity contribution in [1.29, 1.82) is 0 Å². The summed E-state index contributed by atoms with van der Waals surface area (Å²) >= 11 is 0. The Morgan fingerprint density at radius 1 is 1.05 bits per heavy atom. The molecule has 2 aromatic carbocycles. The van der Waals surface area contributed by atoms with E-state index in [0.29, 0.717) is 0 Å². The Balaban J connectivity index is 1.55. The standard InChI is InChI=1S/C19H21NO2/c1-14-6-9-17(10-7-14)20-19(21)13-22-18-11-8-15-4-2-3-5-16(15)12-18/h6-12H,2-5,13H2,1H3,(H,20,21). The van der Waals surface area contributed by atoms with Crippen molar-refractivity contribution < 1.29 is 9.53 Å². The summed E-state index contributed by atoms with van der Waals surface area (Å²) in [6.07, 6.45) is 4.78. The minimum absolute atomic E-state index is 0.0344. The Bertz CT molecular complexity index is 662. The quantitative estimate of drug-likeness (QED) is 0.929. The number of ether oxygens (including phenoxy) is 1. The van der Waals surface area contributed by atoms with Crippen LogP contribution in [0.3, 0.4) is 0 Å². The lowest BCUT2D eigenvalue weighted by atomic mass is 9.92. The summed E-state index contributed by atoms with van der Waals surface area (Å²) in [4.78, 5) is 11.9. The number of fused-ring (bicyclic) bond motifs is 1. The smallest absolute Gasteiger partial charge is 0.262 e. The van der Waals surface area contributed by atoms with Crippen molar-refractivity contribution in [2.45, 2.75) is 32.6 Å². The van der Waals surface area contributed by atoms with Crippen molar-refractivity contribution in [1.82, 2.24) is 0 Å². The fourth-order valence-electron chi connectivity index (χ4n) is 2.78. The highest BCUT2D eigenvalue weighted by Crippen LogP contribution is 2.25. The maximum atomic E-state index is 11.9. The second-order valence-electron chi connectivity index (χ2n) is 5.84. The van der Waals surface area contributed by atoms with Gasteiger partial charge in [-0.1, -0.05) is 23.8 Å². The highest BCUT2D eigenvalue weighted by Gasteiger charge is 2.10. The molecule has 1 amide bonds. The summed E-state index contributed by atoms with van der Waals surface area (Å²) < 4.78 is 5.62. The average molecular weight is 295 g/mol. The van der Waals surface area contributed by atoms with Gasteiger partial charge in [-0.25, -0.2) is 0 Å². The van der Waals surface area contributed by atoms with Gasteiger partial charge in [0.2, 0.25) is 0 Å². The number of carbonyl (C=O) groups excluding carboxylic acids is 1. The van der Waals surface area contributed by atoms with Crippen molar-refractivity contribution in [3.8, 4) is 5.75 Å². The van der Waals surface area contributed by atoms with Crippen LogP contribution in [0.4, 0.5) is 5.69 Å². The highest BCUT2D eigenvalue weighted by molar-refractivity contribution is 5.91. The van der Waals surface area contributed by atoms with Gasteiger partial charge in [0.1, 0.15) is 5.75 Å². The third-order valence-electron chi connectivity index (χ3n) is 4.03. The molecule has 0 saturated heterocycles. The monoisotopic (exact) mass is 295 g/mol. The van der Waals surface area contributed by atoms with Gasteiger partial charge in [-0.15, -0.1) is 0 Å². The molecule has 1 N–H and O–H groups in total. The van der Waals surface area contributed by atoms with Crippen molar-refractivity contribution in [3.63, 3.8) is 0 Å². The van der Waals surface area contributed by atoms with E-state index in [2.05, 4.69) is 17.4 Å². The molecule has 0 spiro atoms. The maximum absolute atomic E-state index is 11.9. The van der Waals surface area contributed by atoms with E-state index in [1.165, 1.54) is 29.5 Å². The van der Waals surface area contributed by atoms with E-state index < -0.39 is 0 Å². The van der Waals surface area contributed by atoms with Gasteiger partial charge in [0.05, 0.1) is 0 Å². The molecule has 3 heteroatoms. The molecular weight excluding hydrogens is 274 g/mol. The molecule has 3 rings (SSSR count). The predicted molar refractivity (Wildman–Crippen MR) is 88.4 cm³/mol. The van der Waals surface area contributed by atoms with Gasteiger partial charge in [-0.3, -0.25) is 4.79 Å². The lowest BCUT2D eigenvalue weighted by Crippen LogP contribution is -2.20. The zero-order chi connectivity index (χ0) is 15.4. The van der Waals surface area contributed by atoms with Gasteiger partial charge >= 0.3 is 0 Å². The van der Waals surface area contributed by atoms with E-state index in [1.54, 1.807) is 0 Å². The number of amides is 1. The third-order valence-corrected chi connectivity index (χ3v) is 4.03. The zero-order valence-electron chi connectivity index (χ0n) is 12.9. The second kappa shape index (κ2) is 6.65. The summed E-state index contributed by atoms with van der Waals surface area (Å²) in [5.74, 6) is 0.640. The molecule has 22 heavy (non-hydrogen) atoms. The number of carbonyl (C=O) groups is 1. The molecule has 0 fully saturated rings. The van der Waals surface area contributed by atoms with Gasteiger partial charge in [0, 0.05) is 5.69 Å². The largest absolute Gasteiger partial charge is 0.484 e. The van der Waals surface area contributed by atoms with Gasteiger partial charge < -0.3 is 10.1 Å². The van der Waals surface area contributed by atoms with E-state index in [4.69, 9.17) is 4.74 Å². The fraction of sp³-hybridized carbons (Fsp3) is 0.316. The first-order valence-corrected chi connectivity index (χ1v) is 7.82. The summed E-state index contributed by atoms with van der Waals surface area (Å²) in [5.41, 5.74) is 4.75. The normalized spacial score (nSPS) is 13.3. The Morgan fingerprint density at radius 3 is 2.55 bits per heavy atom. The van der Waals surface area contributed by atoms with Crippen molar-refractivity contribution >= 4 is 11.6 Å². The summed E-state index contributed by atoms with van der Waals surface area (Å²) in [7, 11) is 0. The van der Waals surface area contributed by atoms with Crippen molar-refractivity contribution in [2.75, 3.05) is 11.9 Å². The van der Waals surface area contributed by atoms with Gasteiger partial charge in [0.25, 0.3) is 5.91 Å². The molecule has 3 nitrogen and oxygen atoms in total. The highest BCUT2D eigenvalue weighted by atomic mass is 16.5. The van der Waals surface area contributed by atoms with E-state index in [0.717, 1.165) is 24.3 Å². The minimum Gasteiger partial charge on any atom is -0.484 e. The van der Waals surface area contributed by atoms with Crippen LogP contribution in [0.1, 0.15) is 29.5 Å². The molecule has 114 valence electrons. The van der Waals surface area contributed by atoms with E-state index in [-0.39, 0.29) is 12.5 Å². The Hall–Kier alpha value is -2.29. The molecule has 1 aliphatic carbocycles. The Kier molecular flexibility index (Phi) is 4.42.